The zero-order valence-electron chi connectivity index (χ0n) is 8.28. The number of amides is 2. The number of hydrogen-bond acceptors (Lipinski definition) is 4. The molecule has 0 aromatic heterocycles. The Balaban J connectivity index is 0.00000196. The molecule has 0 bridgehead atoms. The Morgan fingerprint density at radius 3 is 2.87 bits per heavy atom. The number of hydrogen-bond donors (Lipinski definition) is 4. The summed E-state index contributed by atoms with van der Waals surface area (Å²) in [6.45, 7) is 1.43. The maximum Gasteiger partial charge on any atom is 0.237 e. The Morgan fingerprint density at radius 2 is 2.27 bits per heavy atom. The number of rotatable bonds is 4. The van der Waals surface area contributed by atoms with Gasteiger partial charge in [-0.15, -0.1) is 12.4 Å². The molecule has 6 nitrogen and oxygen atoms in total. The molecule has 1 rings (SSSR count). The molecule has 0 saturated carbocycles. The van der Waals surface area contributed by atoms with Crippen molar-refractivity contribution in [2.45, 2.75) is 12.5 Å². The fraction of sp³-hybridized carbons (Fsp3) is 0.750. The summed E-state index contributed by atoms with van der Waals surface area (Å²) in [4.78, 5) is 22.4. The first-order valence-corrected chi connectivity index (χ1v) is 4.62. The number of halogens is 1. The van der Waals surface area contributed by atoms with Crippen LogP contribution >= 0.6 is 12.4 Å². The van der Waals surface area contributed by atoms with Gasteiger partial charge in [-0.3, -0.25) is 9.59 Å². The van der Waals surface area contributed by atoms with Crippen molar-refractivity contribution in [2.24, 2.45) is 0 Å². The van der Waals surface area contributed by atoms with E-state index in [1.54, 1.807) is 0 Å². The van der Waals surface area contributed by atoms with E-state index in [2.05, 4.69) is 16.0 Å². The Hall–Kier alpha value is -0.850. The highest BCUT2D eigenvalue weighted by Crippen LogP contribution is 1.95. The Morgan fingerprint density at radius 1 is 1.53 bits per heavy atom. The number of aliphatic hydroxyl groups excluding tert-OH is 1. The van der Waals surface area contributed by atoms with Gasteiger partial charge in [0.05, 0.1) is 19.1 Å². The maximum absolute atomic E-state index is 11.2. The molecular formula is C8H16ClN3O3. The average molecular weight is 238 g/mol. The molecule has 1 saturated heterocycles. The van der Waals surface area contributed by atoms with Crippen LogP contribution in [0.2, 0.25) is 0 Å². The summed E-state index contributed by atoms with van der Waals surface area (Å²) in [5, 5.41) is 16.6. The van der Waals surface area contributed by atoms with Crippen molar-refractivity contribution in [1.82, 2.24) is 16.0 Å². The molecule has 0 aromatic rings. The highest BCUT2D eigenvalue weighted by Gasteiger charge is 2.23. The molecule has 0 aromatic carbocycles. The van der Waals surface area contributed by atoms with E-state index in [0.29, 0.717) is 13.1 Å². The topological polar surface area (TPSA) is 90.5 Å². The van der Waals surface area contributed by atoms with Gasteiger partial charge in [0.1, 0.15) is 0 Å². The van der Waals surface area contributed by atoms with Crippen molar-refractivity contribution < 1.29 is 14.7 Å². The third kappa shape index (κ3) is 4.96. The van der Waals surface area contributed by atoms with Crippen LogP contribution in [0.1, 0.15) is 6.42 Å². The summed E-state index contributed by atoms with van der Waals surface area (Å²) in [7, 11) is 0. The van der Waals surface area contributed by atoms with E-state index in [4.69, 9.17) is 5.11 Å². The van der Waals surface area contributed by atoms with E-state index in [1.165, 1.54) is 0 Å². The lowest BCUT2D eigenvalue weighted by molar-refractivity contribution is -0.129. The molecule has 1 aliphatic rings. The van der Waals surface area contributed by atoms with Crippen molar-refractivity contribution in [3.8, 4) is 0 Å². The fourth-order valence-electron chi connectivity index (χ4n) is 1.27. The molecule has 1 fully saturated rings. The van der Waals surface area contributed by atoms with Gasteiger partial charge in [-0.05, 0) is 0 Å². The quantitative estimate of drug-likeness (QED) is 0.455. The van der Waals surface area contributed by atoms with Gasteiger partial charge in [-0.2, -0.15) is 0 Å². The van der Waals surface area contributed by atoms with Gasteiger partial charge in [-0.25, -0.2) is 0 Å². The number of nitrogens with one attached hydrogen (secondary N) is 3. The minimum atomic E-state index is -0.442. The highest BCUT2D eigenvalue weighted by molar-refractivity contribution is 5.88. The first-order chi connectivity index (χ1) is 6.74. The van der Waals surface area contributed by atoms with Crippen molar-refractivity contribution >= 4 is 24.2 Å². The van der Waals surface area contributed by atoms with Gasteiger partial charge in [-0.1, -0.05) is 0 Å². The van der Waals surface area contributed by atoms with E-state index < -0.39 is 6.04 Å². The van der Waals surface area contributed by atoms with Crippen molar-refractivity contribution in [3.05, 3.63) is 0 Å². The molecule has 1 unspecified atom stereocenters. The third-order valence-corrected chi connectivity index (χ3v) is 1.95. The normalized spacial score (nSPS) is 20.1. The summed E-state index contributed by atoms with van der Waals surface area (Å²) in [5.74, 6) is -0.371. The molecule has 0 spiro atoms. The van der Waals surface area contributed by atoms with E-state index in [1.807, 2.05) is 0 Å². The maximum atomic E-state index is 11.2. The summed E-state index contributed by atoms with van der Waals surface area (Å²) < 4.78 is 0. The van der Waals surface area contributed by atoms with E-state index in [-0.39, 0.29) is 43.8 Å². The highest BCUT2D eigenvalue weighted by atomic mass is 35.5. The summed E-state index contributed by atoms with van der Waals surface area (Å²) >= 11 is 0. The monoisotopic (exact) mass is 237 g/mol. The van der Waals surface area contributed by atoms with Crippen LogP contribution < -0.4 is 16.0 Å². The molecule has 1 heterocycles. The largest absolute Gasteiger partial charge is 0.395 e. The second-order valence-corrected chi connectivity index (χ2v) is 3.08. The second kappa shape index (κ2) is 7.44. The Kier molecular flexibility index (Phi) is 7.02. The van der Waals surface area contributed by atoms with Crippen LogP contribution in [0.5, 0.6) is 0 Å². The van der Waals surface area contributed by atoms with Crippen molar-refractivity contribution in [2.75, 3.05) is 26.2 Å². The van der Waals surface area contributed by atoms with Gasteiger partial charge in [0.2, 0.25) is 11.8 Å². The van der Waals surface area contributed by atoms with Crippen LogP contribution in [-0.4, -0.2) is 49.2 Å². The van der Waals surface area contributed by atoms with Gasteiger partial charge < -0.3 is 21.1 Å². The number of piperazine rings is 1. The van der Waals surface area contributed by atoms with Crippen molar-refractivity contribution in [1.29, 1.82) is 0 Å². The van der Waals surface area contributed by atoms with Crippen LogP contribution in [0.15, 0.2) is 0 Å². The number of aliphatic hydroxyl groups is 1. The molecule has 0 radical (unpaired) electrons. The van der Waals surface area contributed by atoms with E-state index in [9.17, 15) is 9.59 Å². The van der Waals surface area contributed by atoms with E-state index >= 15 is 0 Å². The SMILES string of the molecule is Cl.O=C(CC1NCCNC1=O)NCCO. The van der Waals surface area contributed by atoms with Crippen LogP contribution in [0.4, 0.5) is 0 Å². The van der Waals surface area contributed by atoms with E-state index in [0.717, 1.165) is 0 Å². The Labute approximate surface area is 94.2 Å². The smallest absolute Gasteiger partial charge is 0.237 e. The average Bonchev–Trinajstić information content (AvgIpc) is 2.18. The van der Waals surface area contributed by atoms with Crippen LogP contribution in [0.25, 0.3) is 0 Å². The standard InChI is InChI=1S/C8H15N3O3.ClH/c12-4-3-10-7(13)5-6-8(14)11-2-1-9-6;/h6,9,12H,1-5H2,(H,10,13)(H,11,14);1H. The minimum Gasteiger partial charge on any atom is -0.395 e. The van der Waals surface area contributed by atoms with Crippen LogP contribution in [0, 0.1) is 0 Å². The summed E-state index contributed by atoms with van der Waals surface area (Å²) in [6.07, 6.45) is 0.117. The fourth-order valence-corrected chi connectivity index (χ4v) is 1.27. The molecule has 88 valence electrons. The molecule has 0 aliphatic carbocycles. The first kappa shape index (κ1) is 14.2. The molecule has 1 atom stereocenters. The molecule has 4 N–H and O–H groups in total. The number of carbonyl (C=O) groups excluding carboxylic acids is 2. The zero-order valence-corrected chi connectivity index (χ0v) is 9.10. The lowest BCUT2D eigenvalue weighted by Crippen LogP contribution is -2.54. The van der Waals surface area contributed by atoms with Crippen LogP contribution in [0.3, 0.4) is 0 Å². The zero-order chi connectivity index (χ0) is 10.4. The van der Waals surface area contributed by atoms with Crippen LogP contribution in [-0.2, 0) is 9.59 Å². The molecule has 7 heteroatoms. The molecule has 1 aliphatic heterocycles. The first-order valence-electron chi connectivity index (χ1n) is 4.62. The van der Waals surface area contributed by atoms with Gasteiger partial charge in [0, 0.05) is 19.6 Å². The summed E-state index contributed by atoms with van der Waals surface area (Å²) in [5.41, 5.74) is 0. The van der Waals surface area contributed by atoms with Gasteiger partial charge in [0.15, 0.2) is 0 Å². The number of carbonyl (C=O) groups is 2. The molecule has 2 amide bonds. The predicted octanol–water partition coefficient (Wildman–Crippen LogP) is -2.01. The molecular weight excluding hydrogens is 222 g/mol. The summed E-state index contributed by atoms with van der Waals surface area (Å²) in [6, 6.07) is -0.442. The van der Waals surface area contributed by atoms with Crippen molar-refractivity contribution in [3.63, 3.8) is 0 Å². The minimum absolute atomic E-state index is 0. The van der Waals surface area contributed by atoms with Gasteiger partial charge >= 0.3 is 0 Å². The lowest BCUT2D eigenvalue weighted by atomic mass is 10.1. The Bertz CT molecular complexity index is 225. The third-order valence-electron chi connectivity index (χ3n) is 1.95. The van der Waals surface area contributed by atoms with Gasteiger partial charge in [0.25, 0.3) is 0 Å². The lowest BCUT2D eigenvalue weighted by Gasteiger charge is -2.22. The predicted molar refractivity (Wildman–Crippen MR) is 56.8 cm³/mol. The second-order valence-electron chi connectivity index (χ2n) is 3.08. The molecule has 15 heavy (non-hydrogen) atoms.